The van der Waals surface area contributed by atoms with Crippen LogP contribution in [0, 0.1) is 13.8 Å². The third kappa shape index (κ3) is 4.54. The lowest BCUT2D eigenvalue weighted by Gasteiger charge is -2.23. The minimum atomic E-state index is -3.72. The fraction of sp³-hybridized carbons (Fsp3) is 0.208. The number of aryl methyl sites for hydroxylation is 2. The molecule has 0 radical (unpaired) electrons. The smallest absolute Gasteiger partial charge is 0.264 e. The molecule has 156 valence electrons. The molecule has 30 heavy (non-hydrogen) atoms. The van der Waals surface area contributed by atoms with Crippen LogP contribution >= 0.6 is 0 Å². The monoisotopic (exact) mass is 422 g/mol. The number of nitrogens with zero attached hydrogens (tertiary/aromatic N) is 2. The van der Waals surface area contributed by atoms with Crippen LogP contribution in [-0.4, -0.2) is 33.3 Å². The van der Waals surface area contributed by atoms with Crippen LogP contribution in [0.4, 0.5) is 5.69 Å². The summed E-state index contributed by atoms with van der Waals surface area (Å²) in [5.74, 6) is -0.164. The van der Waals surface area contributed by atoms with E-state index in [-0.39, 0.29) is 10.8 Å². The summed E-state index contributed by atoms with van der Waals surface area (Å²) in [7, 11) is -0.468. The molecular formula is C24H26N2O3S. The number of hydrogen-bond acceptors (Lipinski definition) is 3. The molecule has 0 aliphatic heterocycles. The van der Waals surface area contributed by atoms with Gasteiger partial charge in [-0.1, -0.05) is 54.1 Å². The van der Waals surface area contributed by atoms with Gasteiger partial charge in [-0.05, 0) is 49.2 Å². The molecule has 0 saturated heterocycles. The Bertz CT molecular complexity index is 1160. The molecule has 0 heterocycles. The van der Waals surface area contributed by atoms with Crippen LogP contribution in [0.1, 0.15) is 27.0 Å². The van der Waals surface area contributed by atoms with Crippen molar-refractivity contribution in [2.75, 3.05) is 18.4 Å². The van der Waals surface area contributed by atoms with Gasteiger partial charge in [0.15, 0.2) is 0 Å². The summed E-state index contributed by atoms with van der Waals surface area (Å²) in [4.78, 5) is 14.8. The van der Waals surface area contributed by atoms with E-state index < -0.39 is 10.0 Å². The van der Waals surface area contributed by atoms with E-state index in [1.807, 2.05) is 38.1 Å². The molecule has 0 aliphatic carbocycles. The van der Waals surface area contributed by atoms with E-state index in [1.54, 1.807) is 60.5 Å². The van der Waals surface area contributed by atoms with Crippen molar-refractivity contribution >= 4 is 21.6 Å². The van der Waals surface area contributed by atoms with Gasteiger partial charge in [0.25, 0.3) is 15.9 Å². The van der Waals surface area contributed by atoms with Crippen LogP contribution in [-0.2, 0) is 16.6 Å². The standard InChI is InChI=1S/C24H26N2O3S/c1-18-9-8-10-20(15-18)17-25(3)24(27)21-14-13-19(2)23(16-21)26(4)30(28,29)22-11-6-5-7-12-22/h5-16H,17H2,1-4H3. The second kappa shape index (κ2) is 8.71. The Morgan fingerprint density at radius 1 is 0.867 bits per heavy atom. The Balaban J connectivity index is 1.88. The summed E-state index contributed by atoms with van der Waals surface area (Å²) >= 11 is 0. The molecule has 3 rings (SSSR count). The predicted molar refractivity (Wildman–Crippen MR) is 120 cm³/mol. The average molecular weight is 423 g/mol. The van der Waals surface area contributed by atoms with Gasteiger partial charge in [0.1, 0.15) is 0 Å². The number of amides is 1. The Kier molecular flexibility index (Phi) is 6.27. The highest BCUT2D eigenvalue weighted by molar-refractivity contribution is 7.92. The van der Waals surface area contributed by atoms with Crippen LogP contribution in [0.5, 0.6) is 0 Å². The summed E-state index contributed by atoms with van der Waals surface area (Å²) in [5, 5.41) is 0. The summed E-state index contributed by atoms with van der Waals surface area (Å²) < 4.78 is 27.2. The molecule has 0 bridgehead atoms. The lowest BCUT2D eigenvalue weighted by Crippen LogP contribution is -2.29. The number of hydrogen-bond donors (Lipinski definition) is 0. The first-order valence-electron chi connectivity index (χ1n) is 9.66. The van der Waals surface area contributed by atoms with E-state index in [9.17, 15) is 13.2 Å². The zero-order chi connectivity index (χ0) is 21.9. The van der Waals surface area contributed by atoms with E-state index >= 15 is 0 Å². The van der Waals surface area contributed by atoms with Crippen molar-refractivity contribution in [1.29, 1.82) is 0 Å². The molecule has 0 aromatic heterocycles. The van der Waals surface area contributed by atoms with Crippen molar-refractivity contribution in [3.63, 3.8) is 0 Å². The molecule has 0 aliphatic rings. The normalized spacial score (nSPS) is 11.2. The van der Waals surface area contributed by atoms with E-state index in [2.05, 4.69) is 0 Å². The van der Waals surface area contributed by atoms with Crippen molar-refractivity contribution in [2.24, 2.45) is 0 Å². The second-order valence-electron chi connectivity index (χ2n) is 7.44. The van der Waals surface area contributed by atoms with Crippen LogP contribution in [0.3, 0.4) is 0 Å². The fourth-order valence-corrected chi connectivity index (χ4v) is 4.61. The topological polar surface area (TPSA) is 57.7 Å². The van der Waals surface area contributed by atoms with Crippen molar-refractivity contribution in [1.82, 2.24) is 4.90 Å². The second-order valence-corrected chi connectivity index (χ2v) is 9.41. The maximum absolute atomic E-state index is 13.0. The lowest BCUT2D eigenvalue weighted by atomic mass is 10.1. The number of carbonyl (C=O) groups excluding carboxylic acids is 1. The lowest BCUT2D eigenvalue weighted by molar-refractivity contribution is 0.0785. The third-order valence-electron chi connectivity index (χ3n) is 5.05. The molecule has 3 aromatic rings. The maximum Gasteiger partial charge on any atom is 0.264 e. The molecule has 5 nitrogen and oxygen atoms in total. The summed E-state index contributed by atoms with van der Waals surface area (Å²) in [5.41, 5.74) is 3.88. The van der Waals surface area contributed by atoms with Gasteiger partial charge in [0.05, 0.1) is 10.6 Å². The van der Waals surface area contributed by atoms with Crippen LogP contribution < -0.4 is 4.31 Å². The molecule has 0 unspecified atom stereocenters. The molecule has 6 heteroatoms. The van der Waals surface area contributed by atoms with Gasteiger partial charge < -0.3 is 4.90 Å². The van der Waals surface area contributed by atoms with Gasteiger partial charge in [-0.15, -0.1) is 0 Å². The first-order valence-corrected chi connectivity index (χ1v) is 11.1. The number of benzene rings is 3. The predicted octanol–water partition coefficient (Wildman–Crippen LogP) is 4.40. The first-order chi connectivity index (χ1) is 14.2. The van der Waals surface area contributed by atoms with Gasteiger partial charge in [-0.25, -0.2) is 8.42 Å². The highest BCUT2D eigenvalue weighted by Gasteiger charge is 2.23. The van der Waals surface area contributed by atoms with Crippen LogP contribution in [0.2, 0.25) is 0 Å². The Morgan fingerprint density at radius 2 is 1.57 bits per heavy atom. The molecule has 0 saturated carbocycles. The zero-order valence-electron chi connectivity index (χ0n) is 17.7. The maximum atomic E-state index is 13.0. The molecule has 0 atom stereocenters. The van der Waals surface area contributed by atoms with E-state index in [4.69, 9.17) is 0 Å². The number of carbonyl (C=O) groups is 1. The highest BCUT2D eigenvalue weighted by Crippen LogP contribution is 2.27. The van der Waals surface area contributed by atoms with E-state index in [1.165, 1.54) is 11.4 Å². The minimum Gasteiger partial charge on any atom is -0.337 e. The Labute approximate surface area is 178 Å². The molecule has 3 aromatic carbocycles. The third-order valence-corrected chi connectivity index (χ3v) is 6.83. The van der Waals surface area contributed by atoms with Gasteiger partial charge >= 0.3 is 0 Å². The molecule has 0 spiro atoms. The Morgan fingerprint density at radius 3 is 2.23 bits per heavy atom. The van der Waals surface area contributed by atoms with E-state index in [0.29, 0.717) is 17.8 Å². The van der Waals surface area contributed by atoms with Crippen molar-refractivity contribution in [3.8, 4) is 0 Å². The molecule has 1 amide bonds. The minimum absolute atomic E-state index is 0.164. The highest BCUT2D eigenvalue weighted by atomic mass is 32.2. The molecule has 0 N–H and O–H groups in total. The van der Waals surface area contributed by atoms with Crippen molar-refractivity contribution < 1.29 is 13.2 Å². The zero-order valence-corrected chi connectivity index (χ0v) is 18.5. The van der Waals surface area contributed by atoms with Gasteiger partial charge in [0, 0.05) is 26.2 Å². The number of anilines is 1. The van der Waals surface area contributed by atoms with Gasteiger partial charge in [0.2, 0.25) is 0 Å². The largest absolute Gasteiger partial charge is 0.337 e. The quantitative estimate of drug-likeness (QED) is 0.592. The van der Waals surface area contributed by atoms with Gasteiger partial charge in [-0.2, -0.15) is 0 Å². The molecular weight excluding hydrogens is 396 g/mol. The summed E-state index contributed by atoms with van der Waals surface area (Å²) in [6.07, 6.45) is 0. The summed E-state index contributed by atoms with van der Waals surface area (Å²) in [6, 6.07) is 21.4. The SMILES string of the molecule is Cc1cccc(CN(C)C(=O)c2ccc(C)c(N(C)S(=O)(=O)c3ccccc3)c2)c1. The number of sulfonamides is 1. The van der Waals surface area contributed by atoms with Crippen molar-refractivity contribution in [3.05, 3.63) is 95.1 Å². The fourth-order valence-electron chi connectivity index (χ4n) is 3.34. The first kappa shape index (κ1) is 21.6. The average Bonchev–Trinajstić information content (AvgIpc) is 2.73. The number of rotatable bonds is 6. The molecule has 0 fully saturated rings. The van der Waals surface area contributed by atoms with Crippen LogP contribution in [0.25, 0.3) is 0 Å². The van der Waals surface area contributed by atoms with E-state index in [0.717, 1.165) is 16.7 Å². The van der Waals surface area contributed by atoms with Gasteiger partial charge in [-0.3, -0.25) is 9.10 Å². The van der Waals surface area contributed by atoms with Crippen LogP contribution in [0.15, 0.2) is 77.7 Å². The van der Waals surface area contributed by atoms with Crippen molar-refractivity contribution in [2.45, 2.75) is 25.3 Å². The summed E-state index contributed by atoms with van der Waals surface area (Å²) in [6.45, 7) is 4.32. The Hall–Kier alpha value is -3.12.